The Bertz CT molecular complexity index is 836. The van der Waals surface area contributed by atoms with Gasteiger partial charge in [-0.25, -0.2) is 10.4 Å². The Labute approximate surface area is 172 Å². The number of nitrogens with one attached hydrogen (secondary N) is 4. The fourth-order valence-corrected chi connectivity index (χ4v) is 4.98. The van der Waals surface area contributed by atoms with Crippen molar-refractivity contribution in [2.75, 3.05) is 31.1 Å². The van der Waals surface area contributed by atoms with E-state index < -0.39 is 0 Å². The highest BCUT2D eigenvalue weighted by molar-refractivity contribution is 5.41. The molecule has 29 heavy (non-hydrogen) atoms. The summed E-state index contributed by atoms with van der Waals surface area (Å²) >= 11 is 0. The molecule has 0 amide bonds. The minimum absolute atomic E-state index is 0.228. The molecule has 8 nitrogen and oxygen atoms in total. The predicted octanol–water partition coefficient (Wildman–Crippen LogP) is 0.964. The molecule has 3 aliphatic heterocycles. The smallest absolute Gasteiger partial charge is 0.128 e. The molecule has 0 spiro atoms. The van der Waals surface area contributed by atoms with Crippen molar-refractivity contribution in [3.05, 3.63) is 41.9 Å². The number of nitrogens with zero attached hydrogens (tertiary/aromatic N) is 4. The van der Waals surface area contributed by atoms with Crippen LogP contribution in [-0.2, 0) is 6.54 Å². The van der Waals surface area contributed by atoms with Crippen LogP contribution in [0.2, 0.25) is 0 Å². The van der Waals surface area contributed by atoms with Crippen LogP contribution in [0.5, 0.6) is 0 Å². The standard InChI is InChI=1S/C21H32N8/c1-3-29-13-15(10-24-29)18-9-16-19(11-23-18)26-27-21(16)17-5-4-6-20(25-17)28-8-7-22-14(2)12-28/h4-6,10,13-14,16,18-19,21-23,26-27H,3,7-9,11-12H2,1-2H3/t14-,16?,18?,19?,21?/m1/s1. The third kappa shape index (κ3) is 3.77. The Morgan fingerprint density at radius 3 is 2.97 bits per heavy atom. The predicted molar refractivity (Wildman–Crippen MR) is 113 cm³/mol. The molecule has 4 unspecified atom stereocenters. The first-order valence-electron chi connectivity index (χ1n) is 10.9. The van der Waals surface area contributed by atoms with E-state index in [1.165, 1.54) is 5.56 Å². The third-order valence-electron chi connectivity index (χ3n) is 6.61. The van der Waals surface area contributed by atoms with Gasteiger partial charge in [-0.05, 0) is 32.4 Å². The van der Waals surface area contributed by atoms with Crippen molar-refractivity contribution < 1.29 is 0 Å². The van der Waals surface area contributed by atoms with Gasteiger partial charge in [-0.2, -0.15) is 5.10 Å². The fraction of sp³-hybridized carbons (Fsp3) is 0.619. The van der Waals surface area contributed by atoms with Crippen LogP contribution in [0.3, 0.4) is 0 Å². The first-order chi connectivity index (χ1) is 14.2. The number of hydrogen-bond acceptors (Lipinski definition) is 7. The van der Waals surface area contributed by atoms with Gasteiger partial charge in [0.05, 0.1) is 17.9 Å². The molecule has 4 N–H and O–H groups in total. The number of hydrazine groups is 1. The van der Waals surface area contributed by atoms with E-state index in [4.69, 9.17) is 4.98 Å². The van der Waals surface area contributed by atoms with Crippen molar-refractivity contribution in [2.45, 2.75) is 51.0 Å². The molecule has 0 radical (unpaired) electrons. The summed E-state index contributed by atoms with van der Waals surface area (Å²) in [7, 11) is 0. The number of fused-ring (bicyclic) bond motifs is 1. The molecular formula is C21H32N8. The van der Waals surface area contributed by atoms with Crippen molar-refractivity contribution in [3.63, 3.8) is 0 Å². The number of anilines is 1. The Kier molecular flexibility index (Phi) is 5.26. The molecule has 0 aromatic carbocycles. The maximum absolute atomic E-state index is 5.08. The van der Waals surface area contributed by atoms with Gasteiger partial charge in [0.1, 0.15) is 5.82 Å². The van der Waals surface area contributed by atoms with Gasteiger partial charge in [0.25, 0.3) is 0 Å². The molecule has 3 saturated heterocycles. The lowest BCUT2D eigenvalue weighted by Gasteiger charge is -2.35. The van der Waals surface area contributed by atoms with Gasteiger partial charge in [-0.1, -0.05) is 6.07 Å². The summed E-state index contributed by atoms with van der Waals surface area (Å²) in [5.74, 6) is 1.59. The van der Waals surface area contributed by atoms with Crippen LogP contribution in [0.25, 0.3) is 0 Å². The minimum atomic E-state index is 0.228. The second-order valence-electron chi connectivity index (χ2n) is 8.58. The molecule has 3 fully saturated rings. The molecule has 0 bridgehead atoms. The van der Waals surface area contributed by atoms with Gasteiger partial charge in [-0.3, -0.25) is 10.1 Å². The van der Waals surface area contributed by atoms with Gasteiger partial charge >= 0.3 is 0 Å². The number of aromatic nitrogens is 3. The third-order valence-corrected chi connectivity index (χ3v) is 6.61. The Balaban J connectivity index is 1.34. The van der Waals surface area contributed by atoms with E-state index in [0.717, 1.165) is 50.7 Å². The maximum Gasteiger partial charge on any atom is 0.128 e. The molecule has 2 aromatic heterocycles. The highest BCUT2D eigenvalue weighted by Gasteiger charge is 2.42. The second-order valence-corrected chi connectivity index (χ2v) is 8.58. The van der Waals surface area contributed by atoms with Gasteiger partial charge in [-0.15, -0.1) is 0 Å². The lowest BCUT2D eigenvalue weighted by molar-refractivity contribution is 0.265. The Morgan fingerprint density at radius 2 is 2.14 bits per heavy atom. The summed E-state index contributed by atoms with van der Waals surface area (Å²) in [6, 6.07) is 7.96. The molecule has 5 atom stereocenters. The van der Waals surface area contributed by atoms with Crippen LogP contribution in [0, 0.1) is 5.92 Å². The lowest BCUT2D eigenvalue weighted by atomic mass is 9.82. The fourth-order valence-electron chi connectivity index (χ4n) is 4.98. The number of piperidine rings is 1. The SMILES string of the molecule is CCn1cc(C2CC3C(CN2)NNC3c2cccc(N3CCN[C@H](C)C3)n2)cn1. The van der Waals surface area contributed by atoms with Crippen molar-refractivity contribution in [2.24, 2.45) is 5.92 Å². The summed E-state index contributed by atoms with van der Waals surface area (Å²) in [4.78, 5) is 7.48. The lowest BCUT2D eigenvalue weighted by Crippen LogP contribution is -2.49. The zero-order chi connectivity index (χ0) is 19.8. The summed E-state index contributed by atoms with van der Waals surface area (Å²) < 4.78 is 2.01. The molecular weight excluding hydrogens is 364 g/mol. The zero-order valence-corrected chi connectivity index (χ0v) is 17.3. The van der Waals surface area contributed by atoms with E-state index in [9.17, 15) is 0 Å². The summed E-state index contributed by atoms with van der Waals surface area (Å²) in [6.45, 7) is 9.25. The number of hydrogen-bond donors (Lipinski definition) is 4. The summed E-state index contributed by atoms with van der Waals surface area (Å²) in [5, 5.41) is 11.7. The van der Waals surface area contributed by atoms with E-state index in [1.807, 2.05) is 10.9 Å². The molecule has 156 valence electrons. The van der Waals surface area contributed by atoms with E-state index in [1.54, 1.807) is 0 Å². The highest BCUT2D eigenvalue weighted by atomic mass is 15.4. The summed E-state index contributed by atoms with van der Waals surface area (Å²) in [5.41, 5.74) is 9.46. The van der Waals surface area contributed by atoms with Crippen LogP contribution in [-0.4, -0.2) is 53.0 Å². The van der Waals surface area contributed by atoms with Gasteiger partial charge in [0.2, 0.25) is 0 Å². The normalized spacial score (nSPS) is 32.3. The van der Waals surface area contributed by atoms with Crippen molar-refractivity contribution in [3.8, 4) is 0 Å². The van der Waals surface area contributed by atoms with Crippen LogP contribution in [0.4, 0.5) is 5.82 Å². The average molecular weight is 397 g/mol. The minimum Gasteiger partial charge on any atom is -0.354 e. The average Bonchev–Trinajstić information content (AvgIpc) is 3.40. The van der Waals surface area contributed by atoms with Gasteiger partial charge < -0.3 is 15.5 Å². The van der Waals surface area contributed by atoms with E-state index >= 15 is 0 Å². The molecule has 5 heterocycles. The molecule has 8 heteroatoms. The van der Waals surface area contributed by atoms with Crippen molar-refractivity contribution >= 4 is 5.82 Å². The van der Waals surface area contributed by atoms with Gasteiger partial charge in [0, 0.05) is 68.5 Å². The van der Waals surface area contributed by atoms with Gasteiger partial charge in [0.15, 0.2) is 0 Å². The zero-order valence-electron chi connectivity index (χ0n) is 17.3. The van der Waals surface area contributed by atoms with Crippen molar-refractivity contribution in [1.82, 2.24) is 36.2 Å². The monoisotopic (exact) mass is 396 g/mol. The van der Waals surface area contributed by atoms with Crippen LogP contribution >= 0.6 is 0 Å². The first kappa shape index (κ1) is 19.0. The first-order valence-corrected chi connectivity index (χ1v) is 10.9. The van der Waals surface area contributed by atoms with Crippen LogP contribution in [0.1, 0.15) is 43.6 Å². The van der Waals surface area contributed by atoms with E-state index in [0.29, 0.717) is 24.0 Å². The topological polar surface area (TPSA) is 82.1 Å². The Hall–Kier alpha value is -2.00. The summed E-state index contributed by atoms with van der Waals surface area (Å²) in [6.07, 6.45) is 5.26. The second kappa shape index (κ2) is 8.02. The number of rotatable bonds is 4. The quantitative estimate of drug-likeness (QED) is 0.613. The highest BCUT2D eigenvalue weighted by Crippen LogP contribution is 2.38. The van der Waals surface area contributed by atoms with Crippen LogP contribution in [0.15, 0.2) is 30.6 Å². The van der Waals surface area contributed by atoms with E-state index in [-0.39, 0.29) is 6.04 Å². The maximum atomic E-state index is 5.08. The largest absolute Gasteiger partial charge is 0.354 e. The molecule has 0 saturated carbocycles. The molecule has 3 aliphatic rings. The Morgan fingerprint density at radius 1 is 1.21 bits per heavy atom. The molecule has 5 rings (SSSR count). The molecule has 0 aliphatic carbocycles. The number of piperazine rings is 1. The number of aryl methyl sites for hydroxylation is 1. The van der Waals surface area contributed by atoms with Crippen molar-refractivity contribution in [1.29, 1.82) is 0 Å². The molecule has 2 aromatic rings. The number of pyridine rings is 1. The van der Waals surface area contributed by atoms with Crippen LogP contribution < -0.4 is 26.4 Å². The van der Waals surface area contributed by atoms with E-state index in [2.05, 4.69) is 69.7 Å².